The summed E-state index contributed by atoms with van der Waals surface area (Å²) in [4.78, 5) is 30.5. The number of hydrogen-bond donors (Lipinski definition) is 2. The maximum atomic E-state index is 13.3. The van der Waals surface area contributed by atoms with Crippen LogP contribution in [0.3, 0.4) is 0 Å². The Bertz CT molecular complexity index is 1050. The number of para-hydroxylation sites is 2. The SMILES string of the molecule is CCCCCCCCCC(=O)Nc1ccc(N2CCN(c3ccccc3OC)CC2)c(C(=O)NCC(C)C)c1. The molecule has 0 atom stereocenters. The molecule has 7 heteroatoms. The van der Waals surface area contributed by atoms with Gasteiger partial charge in [0.05, 0.1) is 18.4 Å². The van der Waals surface area contributed by atoms with Crippen LogP contribution >= 0.6 is 0 Å². The predicted octanol–water partition coefficient (Wildman–Crippen LogP) is 6.49. The summed E-state index contributed by atoms with van der Waals surface area (Å²) in [6.45, 7) is 10.2. The smallest absolute Gasteiger partial charge is 0.253 e. The van der Waals surface area contributed by atoms with Crippen molar-refractivity contribution in [1.29, 1.82) is 0 Å². The molecule has 1 fully saturated rings. The number of carbonyl (C=O) groups excluding carboxylic acids is 2. The lowest BCUT2D eigenvalue weighted by Gasteiger charge is -2.38. The van der Waals surface area contributed by atoms with Crippen LogP contribution in [0.15, 0.2) is 42.5 Å². The molecule has 2 aromatic rings. The lowest BCUT2D eigenvalue weighted by Crippen LogP contribution is -2.47. The van der Waals surface area contributed by atoms with Crippen LogP contribution in [0, 0.1) is 5.92 Å². The molecule has 2 aromatic carbocycles. The average molecular weight is 537 g/mol. The highest BCUT2D eigenvalue weighted by Crippen LogP contribution is 2.31. The molecular weight excluding hydrogens is 488 g/mol. The van der Waals surface area contributed by atoms with Gasteiger partial charge in [-0.25, -0.2) is 0 Å². The van der Waals surface area contributed by atoms with Gasteiger partial charge in [-0.15, -0.1) is 0 Å². The van der Waals surface area contributed by atoms with E-state index in [0.29, 0.717) is 30.1 Å². The van der Waals surface area contributed by atoms with Gasteiger partial charge in [0.15, 0.2) is 0 Å². The van der Waals surface area contributed by atoms with Crippen LogP contribution in [-0.4, -0.2) is 51.6 Å². The van der Waals surface area contributed by atoms with Crippen LogP contribution in [0.25, 0.3) is 0 Å². The number of nitrogens with zero attached hydrogens (tertiary/aromatic N) is 2. The topological polar surface area (TPSA) is 73.9 Å². The van der Waals surface area contributed by atoms with E-state index in [2.05, 4.69) is 47.3 Å². The number of benzene rings is 2. The fourth-order valence-electron chi connectivity index (χ4n) is 5.01. The van der Waals surface area contributed by atoms with Crippen LogP contribution < -0.4 is 25.2 Å². The molecule has 0 saturated carbocycles. The molecule has 2 amide bonds. The molecule has 1 saturated heterocycles. The quantitative estimate of drug-likeness (QED) is 0.255. The van der Waals surface area contributed by atoms with Gasteiger partial charge in [-0.3, -0.25) is 9.59 Å². The molecule has 1 aliphatic rings. The van der Waals surface area contributed by atoms with Crippen molar-refractivity contribution in [1.82, 2.24) is 5.32 Å². The summed E-state index contributed by atoms with van der Waals surface area (Å²) in [6, 6.07) is 13.8. The Labute approximate surface area is 235 Å². The van der Waals surface area contributed by atoms with Gasteiger partial charge in [0.2, 0.25) is 5.91 Å². The summed E-state index contributed by atoms with van der Waals surface area (Å²) in [7, 11) is 1.70. The maximum absolute atomic E-state index is 13.3. The van der Waals surface area contributed by atoms with E-state index in [-0.39, 0.29) is 11.8 Å². The molecule has 0 bridgehead atoms. The fourth-order valence-corrected chi connectivity index (χ4v) is 5.01. The van der Waals surface area contributed by atoms with Crippen molar-refractivity contribution in [3.63, 3.8) is 0 Å². The Balaban J connectivity index is 1.64. The summed E-state index contributed by atoms with van der Waals surface area (Å²) < 4.78 is 5.56. The second-order valence-electron chi connectivity index (χ2n) is 10.9. The zero-order chi connectivity index (χ0) is 28.0. The van der Waals surface area contributed by atoms with E-state index in [9.17, 15) is 9.59 Å². The fraction of sp³-hybridized carbons (Fsp3) is 0.562. The first kappa shape index (κ1) is 30.3. The highest BCUT2D eigenvalue weighted by atomic mass is 16.5. The Morgan fingerprint density at radius 1 is 0.872 bits per heavy atom. The van der Waals surface area contributed by atoms with Crippen LogP contribution in [0.5, 0.6) is 5.75 Å². The number of carbonyl (C=O) groups is 2. The number of ether oxygens (including phenoxy) is 1. The van der Waals surface area contributed by atoms with Gasteiger partial charge >= 0.3 is 0 Å². The Morgan fingerprint density at radius 3 is 2.18 bits per heavy atom. The Morgan fingerprint density at radius 2 is 1.51 bits per heavy atom. The third kappa shape index (κ3) is 9.48. The first-order valence-electron chi connectivity index (χ1n) is 14.8. The number of hydrogen-bond acceptors (Lipinski definition) is 5. The van der Waals surface area contributed by atoms with Crippen molar-refractivity contribution < 1.29 is 14.3 Å². The first-order chi connectivity index (χ1) is 18.9. The first-order valence-corrected chi connectivity index (χ1v) is 14.8. The molecule has 0 aromatic heterocycles. The predicted molar refractivity (Wildman–Crippen MR) is 162 cm³/mol. The van der Waals surface area contributed by atoms with Gasteiger partial charge in [-0.2, -0.15) is 0 Å². The summed E-state index contributed by atoms with van der Waals surface area (Å²) in [5.74, 6) is 1.13. The molecule has 3 rings (SSSR count). The number of piperazine rings is 1. The standard InChI is InChI=1S/C32H48N4O3/c1-5-6-7-8-9-10-11-16-31(37)34-26-17-18-28(27(23-26)32(38)33-24-25(2)3)35-19-21-36(22-20-35)29-14-12-13-15-30(29)39-4/h12-15,17-18,23,25H,5-11,16,19-22,24H2,1-4H3,(H,33,38)(H,34,37). The number of methoxy groups -OCH3 is 1. The van der Waals surface area contributed by atoms with Crippen LogP contribution in [0.4, 0.5) is 17.1 Å². The summed E-state index contributed by atoms with van der Waals surface area (Å²) in [5.41, 5.74) is 3.28. The normalized spacial score (nSPS) is 13.5. The summed E-state index contributed by atoms with van der Waals surface area (Å²) >= 11 is 0. The summed E-state index contributed by atoms with van der Waals surface area (Å²) in [5, 5.41) is 6.09. The third-order valence-corrected chi connectivity index (χ3v) is 7.25. The van der Waals surface area contributed by atoms with E-state index in [1.54, 1.807) is 7.11 Å². The van der Waals surface area contributed by atoms with Gasteiger partial charge in [-0.05, 0) is 42.7 Å². The van der Waals surface area contributed by atoms with Crippen molar-refractivity contribution in [2.75, 3.05) is 55.0 Å². The van der Waals surface area contributed by atoms with Gasteiger partial charge in [0.25, 0.3) is 5.91 Å². The molecule has 214 valence electrons. The van der Waals surface area contributed by atoms with Crippen molar-refractivity contribution >= 4 is 28.9 Å². The van der Waals surface area contributed by atoms with Crippen molar-refractivity contribution in [2.45, 2.75) is 72.1 Å². The molecule has 1 aliphatic heterocycles. The van der Waals surface area contributed by atoms with Crippen molar-refractivity contribution in [3.05, 3.63) is 48.0 Å². The molecule has 0 unspecified atom stereocenters. The second kappa shape index (κ2) is 16.0. The van der Waals surface area contributed by atoms with Gasteiger partial charge < -0.3 is 25.2 Å². The second-order valence-corrected chi connectivity index (χ2v) is 10.9. The lowest BCUT2D eigenvalue weighted by atomic mass is 10.1. The van der Waals surface area contributed by atoms with E-state index < -0.39 is 0 Å². The number of unbranched alkanes of at least 4 members (excludes halogenated alkanes) is 6. The third-order valence-electron chi connectivity index (χ3n) is 7.25. The number of rotatable bonds is 15. The highest BCUT2D eigenvalue weighted by Gasteiger charge is 2.24. The zero-order valence-electron chi connectivity index (χ0n) is 24.4. The van der Waals surface area contributed by atoms with Gasteiger partial charge in [0.1, 0.15) is 5.75 Å². The Kier molecular flexibility index (Phi) is 12.5. The summed E-state index contributed by atoms with van der Waals surface area (Å²) in [6.07, 6.45) is 8.75. The van der Waals surface area contributed by atoms with Crippen LogP contribution in [0.2, 0.25) is 0 Å². The van der Waals surface area contributed by atoms with Crippen LogP contribution in [-0.2, 0) is 4.79 Å². The molecule has 0 aliphatic carbocycles. The van der Waals surface area contributed by atoms with Gasteiger partial charge in [-0.1, -0.05) is 71.4 Å². The van der Waals surface area contributed by atoms with Crippen LogP contribution in [0.1, 0.15) is 82.5 Å². The van der Waals surface area contributed by atoms with E-state index >= 15 is 0 Å². The van der Waals surface area contributed by atoms with E-state index in [4.69, 9.17) is 4.74 Å². The van der Waals surface area contributed by atoms with E-state index in [0.717, 1.165) is 56.1 Å². The monoisotopic (exact) mass is 536 g/mol. The number of nitrogens with one attached hydrogen (secondary N) is 2. The molecule has 0 spiro atoms. The molecule has 7 nitrogen and oxygen atoms in total. The largest absolute Gasteiger partial charge is 0.495 e. The molecule has 39 heavy (non-hydrogen) atoms. The minimum absolute atomic E-state index is 0.00951. The van der Waals surface area contributed by atoms with Crippen molar-refractivity contribution in [2.24, 2.45) is 5.92 Å². The maximum Gasteiger partial charge on any atom is 0.253 e. The lowest BCUT2D eigenvalue weighted by molar-refractivity contribution is -0.116. The number of amides is 2. The number of anilines is 3. The minimum Gasteiger partial charge on any atom is -0.495 e. The molecule has 0 radical (unpaired) electrons. The Hall–Kier alpha value is -3.22. The van der Waals surface area contributed by atoms with Crippen molar-refractivity contribution in [3.8, 4) is 5.75 Å². The highest BCUT2D eigenvalue weighted by molar-refractivity contribution is 6.02. The average Bonchev–Trinajstić information content (AvgIpc) is 2.95. The zero-order valence-corrected chi connectivity index (χ0v) is 24.4. The molecular formula is C32H48N4O3. The van der Waals surface area contributed by atoms with Gasteiger partial charge in [0, 0.05) is 50.5 Å². The molecule has 1 heterocycles. The minimum atomic E-state index is -0.103. The van der Waals surface area contributed by atoms with E-state index in [1.165, 1.54) is 32.1 Å². The molecule has 2 N–H and O–H groups in total. The van der Waals surface area contributed by atoms with E-state index in [1.807, 2.05) is 36.4 Å².